The van der Waals surface area contributed by atoms with Gasteiger partial charge in [-0.3, -0.25) is 4.79 Å². The third kappa shape index (κ3) is 4.00. The summed E-state index contributed by atoms with van der Waals surface area (Å²) < 4.78 is 14.8. The first kappa shape index (κ1) is 17.9. The van der Waals surface area contributed by atoms with E-state index in [4.69, 9.17) is 5.11 Å². The van der Waals surface area contributed by atoms with Crippen molar-refractivity contribution >= 4 is 22.9 Å². The molecule has 0 saturated heterocycles. The second-order valence-electron chi connectivity index (χ2n) is 6.00. The Labute approximate surface area is 150 Å². The highest BCUT2D eigenvalue weighted by Crippen LogP contribution is 2.20. The van der Waals surface area contributed by atoms with Crippen LogP contribution in [0.2, 0.25) is 0 Å². The summed E-state index contributed by atoms with van der Waals surface area (Å²) in [5, 5.41) is 15.0. The van der Waals surface area contributed by atoms with Crippen LogP contribution in [0.25, 0.3) is 11.0 Å². The normalized spacial score (nSPS) is 12.1. The number of hydrogen-bond donors (Lipinski definition) is 3. The summed E-state index contributed by atoms with van der Waals surface area (Å²) in [6.07, 6.45) is 0. The van der Waals surface area contributed by atoms with Gasteiger partial charge in [0.25, 0.3) is 0 Å². The number of fused-ring (bicyclic) bond motifs is 1. The molecule has 0 radical (unpaired) electrons. The number of imidazole rings is 1. The van der Waals surface area contributed by atoms with Crippen molar-refractivity contribution < 1.29 is 14.3 Å². The number of benzene rings is 2. The molecule has 0 spiro atoms. The van der Waals surface area contributed by atoms with E-state index in [1.54, 1.807) is 16.7 Å². The molecule has 0 saturated carbocycles. The fourth-order valence-electron chi connectivity index (χ4n) is 2.80. The lowest BCUT2D eigenvalue weighted by molar-refractivity contribution is -0.122. The number of anilines is 1. The Bertz CT molecular complexity index is 892. The number of para-hydroxylation sites is 2. The average molecular weight is 356 g/mol. The molecule has 1 heterocycles. The summed E-state index contributed by atoms with van der Waals surface area (Å²) >= 11 is 0. The molecule has 0 fully saturated rings. The van der Waals surface area contributed by atoms with Crippen molar-refractivity contribution in [3.63, 3.8) is 0 Å². The van der Waals surface area contributed by atoms with Crippen molar-refractivity contribution in [1.29, 1.82) is 0 Å². The summed E-state index contributed by atoms with van der Waals surface area (Å²) in [6.45, 7) is 2.25. The number of halogens is 1. The number of hydrogen-bond acceptors (Lipinski definition) is 4. The smallest absolute Gasteiger partial charge is 0.240 e. The minimum absolute atomic E-state index is 0.0308. The summed E-state index contributed by atoms with van der Waals surface area (Å²) in [5.74, 6) is 0.0404. The Kier molecular flexibility index (Phi) is 5.48. The summed E-state index contributed by atoms with van der Waals surface area (Å²) in [5.41, 5.74) is 2.43. The van der Waals surface area contributed by atoms with Crippen LogP contribution in [-0.2, 0) is 11.3 Å². The molecule has 0 aliphatic heterocycles. The van der Waals surface area contributed by atoms with E-state index in [1.807, 2.05) is 31.2 Å². The van der Waals surface area contributed by atoms with Gasteiger partial charge in [-0.1, -0.05) is 24.3 Å². The maximum Gasteiger partial charge on any atom is 0.240 e. The lowest BCUT2D eigenvalue weighted by Crippen LogP contribution is -2.30. The van der Waals surface area contributed by atoms with Gasteiger partial charge in [-0.25, -0.2) is 9.37 Å². The molecular weight excluding hydrogens is 335 g/mol. The molecule has 1 atom stereocenters. The molecule has 1 aromatic heterocycles. The van der Waals surface area contributed by atoms with E-state index in [2.05, 4.69) is 15.6 Å². The molecular formula is C19H21FN4O2. The van der Waals surface area contributed by atoms with Gasteiger partial charge in [0.2, 0.25) is 11.9 Å². The number of carbonyl (C=O) groups is 1. The number of carbonyl (C=O) groups excluding carboxylic acids is 1. The fourth-order valence-corrected chi connectivity index (χ4v) is 2.80. The zero-order chi connectivity index (χ0) is 18.5. The van der Waals surface area contributed by atoms with Gasteiger partial charge in [-0.2, -0.15) is 0 Å². The molecule has 7 heteroatoms. The highest BCUT2D eigenvalue weighted by Gasteiger charge is 2.15. The van der Waals surface area contributed by atoms with Crippen LogP contribution in [0.15, 0.2) is 48.5 Å². The second-order valence-corrected chi connectivity index (χ2v) is 6.00. The lowest BCUT2D eigenvalue weighted by atomic mass is 10.1. The molecule has 136 valence electrons. The van der Waals surface area contributed by atoms with Crippen LogP contribution in [0.4, 0.5) is 10.3 Å². The molecule has 2 aromatic carbocycles. The molecule has 0 unspecified atom stereocenters. The molecule has 0 aliphatic rings. The zero-order valence-corrected chi connectivity index (χ0v) is 14.4. The Morgan fingerprint density at radius 1 is 1.23 bits per heavy atom. The molecule has 0 bridgehead atoms. The summed E-state index contributed by atoms with van der Waals surface area (Å²) in [7, 11) is 0. The Morgan fingerprint density at radius 2 is 1.96 bits per heavy atom. The number of aromatic nitrogens is 2. The van der Waals surface area contributed by atoms with Crippen molar-refractivity contribution in [3.8, 4) is 0 Å². The first-order valence-corrected chi connectivity index (χ1v) is 8.43. The second kappa shape index (κ2) is 7.97. The lowest BCUT2D eigenvalue weighted by Gasteiger charge is -2.16. The van der Waals surface area contributed by atoms with Crippen molar-refractivity contribution in [2.75, 3.05) is 18.5 Å². The van der Waals surface area contributed by atoms with Gasteiger partial charge in [0.15, 0.2) is 0 Å². The first-order valence-electron chi connectivity index (χ1n) is 8.43. The minimum atomic E-state index is -0.309. The van der Waals surface area contributed by atoms with Crippen LogP contribution >= 0.6 is 0 Å². The van der Waals surface area contributed by atoms with E-state index in [0.29, 0.717) is 12.5 Å². The van der Waals surface area contributed by atoms with Crippen molar-refractivity contribution in [2.45, 2.75) is 19.5 Å². The maximum absolute atomic E-state index is 13.0. The topological polar surface area (TPSA) is 79.2 Å². The average Bonchev–Trinajstić information content (AvgIpc) is 2.98. The van der Waals surface area contributed by atoms with E-state index in [9.17, 15) is 9.18 Å². The predicted octanol–water partition coefficient (Wildman–Crippen LogP) is 2.46. The van der Waals surface area contributed by atoms with Crippen LogP contribution in [0, 0.1) is 5.82 Å². The number of nitrogens with one attached hydrogen (secondary N) is 2. The van der Waals surface area contributed by atoms with Gasteiger partial charge in [0.05, 0.1) is 23.7 Å². The number of aliphatic hydroxyl groups excluding tert-OH is 1. The first-order chi connectivity index (χ1) is 12.6. The zero-order valence-electron chi connectivity index (χ0n) is 14.4. The van der Waals surface area contributed by atoms with Crippen LogP contribution in [0.3, 0.4) is 0 Å². The number of aliphatic hydroxyl groups is 1. The third-order valence-electron chi connectivity index (χ3n) is 4.10. The Morgan fingerprint density at radius 3 is 2.69 bits per heavy atom. The van der Waals surface area contributed by atoms with Crippen LogP contribution in [-0.4, -0.2) is 33.7 Å². The van der Waals surface area contributed by atoms with Gasteiger partial charge in [0, 0.05) is 6.54 Å². The Balaban J connectivity index is 1.76. The van der Waals surface area contributed by atoms with Gasteiger partial charge >= 0.3 is 0 Å². The largest absolute Gasteiger partial charge is 0.395 e. The molecule has 6 nitrogen and oxygen atoms in total. The van der Waals surface area contributed by atoms with Crippen LogP contribution in [0.5, 0.6) is 0 Å². The van der Waals surface area contributed by atoms with Crippen LogP contribution < -0.4 is 10.6 Å². The number of nitrogens with zero attached hydrogens (tertiary/aromatic N) is 2. The molecule has 26 heavy (non-hydrogen) atoms. The van der Waals surface area contributed by atoms with Crippen molar-refractivity contribution in [1.82, 2.24) is 14.9 Å². The van der Waals surface area contributed by atoms with E-state index in [0.717, 1.165) is 16.6 Å². The monoisotopic (exact) mass is 356 g/mol. The van der Waals surface area contributed by atoms with E-state index < -0.39 is 0 Å². The maximum atomic E-state index is 13.0. The van der Waals surface area contributed by atoms with Crippen LogP contribution in [0.1, 0.15) is 18.5 Å². The van der Waals surface area contributed by atoms with Gasteiger partial charge in [0.1, 0.15) is 12.4 Å². The standard InChI is InChI=1S/C19H21FN4O2/c1-13(14-6-8-15(20)9-7-14)22-18(26)12-24-17-5-3-2-4-16(17)23-19(24)21-10-11-25/h2-9,13,25H,10-12H2,1H3,(H,21,23)(H,22,26)/t13-/m0/s1. The van der Waals surface area contributed by atoms with Gasteiger partial charge in [-0.15, -0.1) is 0 Å². The van der Waals surface area contributed by atoms with Crippen molar-refractivity contribution in [2.24, 2.45) is 0 Å². The van der Waals surface area contributed by atoms with E-state index in [-0.39, 0.29) is 30.9 Å². The highest BCUT2D eigenvalue weighted by atomic mass is 19.1. The SMILES string of the molecule is C[C@H](NC(=O)Cn1c(NCCO)nc2ccccc21)c1ccc(F)cc1. The minimum Gasteiger partial charge on any atom is -0.395 e. The quantitative estimate of drug-likeness (QED) is 0.608. The Hall–Kier alpha value is -2.93. The number of rotatable bonds is 7. The molecule has 1 amide bonds. The third-order valence-corrected chi connectivity index (χ3v) is 4.10. The summed E-state index contributed by atoms with van der Waals surface area (Å²) in [4.78, 5) is 17.0. The van der Waals surface area contributed by atoms with Gasteiger partial charge < -0.3 is 20.3 Å². The molecule has 3 N–H and O–H groups in total. The summed E-state index contributed by atoms with van der Waals surface area (Å²) in [6, 6.07) is 13.3. The number of amides is 1. The predicted molar refractivity (Wildman–Crippen MR) is 98.3 cm³/mol. The van der Waals surface area contributed by atoms with Gasteiger partial charge in [-0.05, 0) is 36.8 Å². The highest BCUT2D eigenvalue weighted by molar-refractivity contribution is 5.83. The van der Waals surface area contributed by atoms with E-state index in [1.165, 1.54) is 12.1 Å². The molecule has 3 rings (SSSR count). The van der Waals surface area contributed by atoms with Crippen molar-refractivity contribution in [3.05, 3.63) is 59.9 Å². The molecule has 3 aromatic rings. The van der Waals surface area contributed by atoms with E-state index >= 15 is 0 Å². The fraction of sp³-hybridized carbons (Fsp3) is 0.263. The molecule has 0 aliphatic carbocycles.